The van der Waals surface area contributed by atoms with Crippen LogP contribution in [0.1, 0.15) is 73.8 Å². The van der Waals surface area contributed by atoms with Crippen LogP contribution in [0.3, 0.4) is 0 Å². The van der Waals surface area contributed by atoms with Crippen LogP contribution in [0.25, 0.3) is 0 Å². The molecule has 1 fully saturated rings. The van der Waals surface area contributed by atoms with Crippen LogP contribution in [-0.2, 0) is 24.6 Å². The van der Waals surface area contributed by atoms with Crippen LogP contribution in [0.15, 0.2) is 42.0 Å². The SMILES string of the molecule is CN[C@H](C(=O)N[C@H](C(=O)N(C)[C@H](C=C(C)C(=O)N1CCC[C@H]1C(=O)O)C(C)C)C(C)(C)C)C(C)(C)c1ccccc1. The second-order valence-electron chi connectivity index (χ2n) is 13.1. The van der Waals surface area contributed by atoms with E-state index in [1.54, 1.807) is 32.0 Å². The van der Waals surface area contributed by atoms with E-state index in [0.29, 0.717) is 25.0 Å². The molecule has 1 aromatic rings. The number of aliphatic carboxylic acids is 1. The van der Waals surface area contributed by atoms with Gasteiger partial charge in [0.05, 0.1) is 12.1 Å². The number of likely N-dealkylation sites (N-methyl/N-ethyl adjacent to an activating group) is 2. The van der Waals surface area contributed by atoms with Crippen molar-refractivity contribution in [1.82, 2.24) is 20.4 Å². The number of likely N-dealkylation sites (tertiary alicyclic amines) is 1. The molecule has 1 saturated heterocycles. The lowest BCUT2D eigenvalue weighted by molar-refractivity contribution is -0.146. The van der Waals surface area contributed by atoms with Crippen LogP contribution in [0, 0.1) is 11.3 Å². The van der Waals surface area contributed by atoms with Crippen LogP contribution < -0.4 is 10.6 Å². The van der Waals surface area contributed by atoms with Crippen molar-refractivity contribution in [3.05, 3.63) is 47.5 Å². The average molecular weight is 571 g/mol. The third-order valence-corrected chi connectivity index (χ3v) is 8.22. The second-order valence-corrected chi connectivity index (χ2v) is 13.1. The van der Waals surface area contributed by atoms with Crippen molar-refractivity contribution < 1.29 is 24.3 Å². The normalized spacial score (nSPS) is 18.6. The molecule has 3 N–H and O–H groups in total. The van der Waals surface area contributed by atoms with Crippen LogP contribution >= 0.6 is 0 Å². The number of hydrogen-bond donors (Lipinski definition) is 3. The molecule has 0 aromatic heterocycles. The van der Waals surface area contributed by atoms with Gasteiger partial charge in [-0.1, -0.05) is 84.9 Å². The number of carbonyl (C=O) groups is 4. The van der Waals surface area contributed by atoms with E-state index in [0.717, 1.165) is 5.56 Å². The predicted octanol–water partition coefficient (Wildman–Crippen LogP) is 3.59. The van der Waals surface area contributed by atoms with Gasteiger partial charge < -0.3 is 25.5 Å². The highest BCUT2D eigenvalue weighted by atomic mass is 16.4. The van der Waals surface area contributed by atoms with Gasteiger partial charge >= 0.3 is 5.97 Å². The Bertz CT molecular complexity index is 1120. The lowest BCUT2D eigenvalue weighted by atomic mass is 9.76. The van der Waals surface area contributed by atoms with E-state index in [9.17, 15) is 24.3 Å². The molecule has 0 aliphatic carbocycles. The summed E-state index contributed by atoms with van der Waals surface area (Å²) in [5.41, 5.74) is 0.240. The van der Waals surface area contributed by atoms with Crippen molar-refractivity contribution in [3.8, 4) is 0 Å². The molecular formula is C32H50N4O5. The first kappa shape index (κ1) is 34.0. The van der Waals surface area contributed by atoms with Gasteiger partial charge in [-0.2, -0.15) is 0 Å². The van der Waals surface area contributed by atoms with Gasteiger partial charge in [0.15, 0.2) is 0 Å². The molecule has 1 aliphatic rings. The Balaban J connectivity index is 2.33. The summed E-state index contributed by atoms with van der Waals surface area (Å²) in [6.07, 6.45) is 2.82. The number of nitrogens with one attached hydrogen (secondary N) is 2. The summed E-state index contributed by atoms with van der Waals surface area (Å²) in [4.78, 5) is 55.6. The number of carboxylic acid groups (broad SMARTS) is 1. The molecule has 0 radical (unpaired) electrons. The van der Waals surface area contributed by atoms with Crippen molar-refractivity contribution in [2.24, 2.45) is 11.3 Å². The van der Waals surface area contributed by atoms with E-state index in [1.165, 1.54) is 4.90 Å². The first-order valence-electron chi connectivity index (χ1n) is 14.5. The molecule has 1 aliphatic heterocycles. The maximum Gasteiger partial charge on any atom is 0.326 e. The highest BCUT2D eigenvalue weighted by Gasteiger charge is 2.42. The van der Waals surface area contributed by atoms with E-state index in [2.05, 4.69) is 10.6 Å². The summed E-state index contributed by atoms with van der Waals surface area (Å²) in [7, 11) is 3.43. The maximum atomic E-state index is 14.0. The minimum absolute atomic E-state index is 0.0426. The standard InChI is InChI=1S/C32H50N4O5/c1-20(2)24(19-21(3)28(38)36-18-14-17-23(36)30(40)41)35(10)29(39)26(31(4,5)6)34-27(37)25(33-9)32(7,8)22-15-12-11-13-16-22/h11-13,15-16,19-20,23-26,33H,14,17-18H2,1-10H3,(H,34,37)(H,40,41)/t23-,24+,25+,26+/m0/s1. The van der Waals surface area contributed by atoms with Gasteiger partial charge in [0.25, 0.3) is 0 Å². The van der Waals surface area contributed by atoms with Crippen LogP contribution in [-0.4, -0.2) is 83.4 Å². The number of carbonyl (C=O) groups excluding carboxylic acids is 3. The Morgan fingerprint density at radius 2 is 1.63 bits per heavy atom. The molecule has 1 aromatic carbocycles. The molecule has 0 spiro atoms. The first-order chi connectivity index (χ1) is 18.9. The fourth-order valence-corrected chi connectivity index (χ4v) is 5.65. The molecule has 41 heavy (non-hydrogen) atoms. The molecule has 1 heterocycles. The van der Waals surface area contributed by atoms with Gasteiger partial charge in [0.2, 0.25) is 17.7 Å². The van der Waals surface area contributed by atoms with Crippen molar-refractivity contribution in [1.29, 1.82) is 0 Å². The largest absolute Gasteiger partial charge is 0.480 e. The fraction of sp³-hybridized carbons (Fsp3) is 0.625. The highest BCUT2D eigenvalue weighted by Crippen LogP contribution is 2.29. The van der Waals surface area contributed by atoms with Gasteiger partial charge in [-0.3, -0.25) is 14.4 Å². The van der Waals surface area contributed by atoms with E-state index in [1.807, 2.05) is 78.8 Å². The Labute approximate surface area is 245 Å². The van der Waals surface area contributed by atoms with Crippen molar-refractivity contribution in [2.75, 3.05) is 20.6 Å². The smallest absolute Gasteiger partial charge is 0.326 e. The molecule has 9 heteroatoms. The van der Waals surface area contributed by atoms with E-state index in [-0.39, 0.29) is 23.6 Å². The van der Waals surface area contributed by atoms with Gasteiger partial charge in [-0.25, -0.2) is 4.79 Å². The molecule has 3 amide bonds. The molecule has 4 atom stereocenters. The van der Waals surface area contributed by atoms with Gasteiger partial charge in [-0.15, -0.1) is 0 Å². The lowest BCUT2D eigenvalue weighted by Gasteiger charge is -2.40. The number of nitrogens with zero attached hydrogens (tertiary/aromatic N) is 2. The molecule has 9 nitrogen and oxygen atoms in total. The molecule has 0 saturated carbocycles. The summed E-state index contributed by atoms with van der Waals surface area (Å²) in [5, 5.41) is 15.7. The Morgan fingerprint density at radius 3 is 2.12 bits per heavy atom. The zero-order valence-electron chi connectivity index (χ0n) is 26.4. The highest BCUT2D eigenvalue weighted by molar-refractivity contribution is 5.96. The van der Waals surface area contributed by atoms with Gasteiger partial charge in [0.1, 0.15) is 12.1 Å². The number of benzene rings is 1. The van der Waals surface area contributed by atoms with Crippen molar-refractivity contribution in [2.45, 2.75) is 97.8 Å². The summed E-state index contributed by atoms with van der Waals surface area (Å²) in [6, 6.07) is 7.08. The third-order valence-electron chi connectivity index (χ3n) is 8.22. The molecule has 2 rings (SSSR count). The predicted molar refractivity (Wildman–Crippen MR) is 161 cm³/mol. The summed E-state index contributed by atoms with van der Waals surface area (Å²) < 4.78 is 0. The molecule has 228 valence electrons. The van der Waals surface area contributed by atoms with E-state index < -0.39 is 41.0 Å². The first-order valence-corrected chi connectivity index (χ1v) is 14.5. The monoisotopic (exact) mass is 570 g/mol. The zero-order chi connectivity index (χ0) is 31.3. The van der Waals surface area contributed by atoms with Gasteiger partial charge in [-0.05, 0) is 43.7 Å². The minimum atomic E-state index is -1.00. The molecular weight excluding hydrogens is 520 g/mol. The molecule has 0 bridgehead atoms. The average Bonchev–Trinajstić information content (AvgIpc) is 3.39. The molecule has 0 unspecified atom stereocenters. The summed E-state index contributed by atoms with van der Waals surface area (Å²) in [6.45, 7) is 15.7. The minimum Gasteiger partial charge on any atom is -0.480 e. The van der Waals surface area contributed by atoms with Crippen LogP contribution in [0.5, 0.6) is 0 Å². The Hall–Kier alpha value is -3.20. The summed E-state index contributed by atoms with van der Waals surface area (Å²) in [5.74, 6) is -1.92. The Morgan fingerprint density at radius 1 is 1.05 bits per heavy atom. The lowest BCUT2D eigenvalue weighted by Crippen LogP contribution is -2.61. The number of rotatable bonds is 11. The van der Waals surface area contributed by atoms with E-state index >= 15 is 0 Å². The van der Waals surface area contributed by atoms with E-state index in [4.69, 9.17) is 0 Å². The van der Waals surface area contributed by atoms with Crippen LogP contribution in [0.2, 0.25) is 0 Å². The van der Waals surface area contributed by atoms with Gasteiger partial charge in [0, 0.05) is 24.6 Å². The van der Waals surface area contributed by atoms with Crippen LogP contribution in [0.4, 0.5) is 0 Å². The van der Waals surface area contributed by atoms with Crippen molar-refractivity contribution in [3.63, 3.8) is 0 Å². The Kier molecular flexibility index (Phi) is 11.3. The fourth-order valence-electron chi connectivity index (χ4n) is 5.65. The zero-order valence-corrected chi connectivity index (χ0v) is 26.4. The van der Waals surface area contributed by atoms with Crippen molar-refractivity contribution >= 4 is 23.7 Å². The summed E-state index contributed by atoms with van der Waals surface area (Å²) >= 11 is 0. The number of amides is 3. The quantitative estimate of drug-likeness (QED) is 0.350. The topological polar surface area (TPSA) is 119 Å². The second kappa shape index (κ2) is 13.6. The maximum absolute atomic E-state index is 14.0. The number of hydrogen-bond acceptors (Lipinski definition) is 5. The third kappa shape index (κ3) is 7.97. The number of carboxylic acids is 1.